The molecule has 0 unspecified atom stereocenters. The molecular formula is C22H20N10. The van der Waals surface area contributed by atoms with E-state index in [0.717, 1.165) is 46.6 Å². The normalized spacial score (nSPS) is 20.3. The van der Waals surface area contributed by atoms with Gasteiger partial charge in [-0.3, -0.25) is 14.5 Å². The van der Waals surface area contributed by atoms with Crippen molar-refractivity contribution in [2.45, 2.75) is 30.7 Å². The van der Waals surface area contributed by atoms with Gasteiger partial charge < -0.3 is 0 Å². The number of hydrogen-bond donors (Lipinski definition) is 1. The number of rotatable bonds is 5. The largest absolute Gasteiger partial charge is 0.282 e. The van der Waals surface area contributed by atoms with Gasteiger partial charge in [0.1, 0.15) is 0 Å². The Morgan fingerprint density at radius 3 is 2.72 bits per heavy atom. The third-order valence-corrected chi connectivity index (χ3v) is 6.36. The summed E-state index contributed by atoms with van der Waals surface area (Å²) in [6.07, 6.45) is 15.1. The molecule has 5 heterocycles. The maximum atomic E-state index is 9.50. The highest BCUT2D eigenvalue weighted by Gasteiger charge is 2.47. The highest BCUT2D eigenvalue weighted by atomic mass is 15.3. The van der Waals surface area contributed by atoms with Gasteiger partial charge in [0.25, 0.3) is 0 Å². The molecule has 5 aromatic rings. The first kappa shape index (κ1) is 18.5. The second-order valence-electron chi connectivity index (χ2n) is 8.39. The van der Waals surface area contributed by atoms with Crippen LogP contribution in [-0.2, 0) is 12.6 Å². The van der Waals surface area contributed by atoms with Crippen LogP contribution in [0.2, 0.25) is 0 Å². The molecule has 1 fully saturated rings. The van der Waals surface area contributed by atoms with Crippen LogP contribution in [0.15, 0.2) is 55.5 Å². The SMILES string of the molecule is Cn1cc(-c2cn3nccc3c(-c3cnn([C@]4(CC#N)C[C@@H](c5ccn[nH]5)C4)c3)n2)cn1. The summed E-state index contributed by atoms with van der Waals surface area (Å²) in [5, 5.41) is 30.0. The molecule has 10 nitrogen and oxygen atoms in total. The maximum Gasteiger partial charge on any atom is 0.0999 e. The molecule has 0 amide bonds. The first-order valence-electron chi connectivity index (χ1n) is 10.4. The van der Waals surface area contributed by atoms with Crippen LogP contribution in [-0.4, -0.2) is 44.4 Å². The molecule has 1 aliphatic carbocycles. The summed E-state index contributed by atoms with van der Waals surface area (Å²) >= 11 is 0. The Morgan fingerprint density at radius 2 is 1.97 bits per heavy atom. The van der Waals surface area contributed by atoms with Crippen molar-refractivity contribution in [1.29, 1.82) is 5.26 Å². The highest BCUT2D eigenvalue weighted by molar-refractivity contribution is 5.78. The van der Waals surface area contributed by atoms with Crippen LogP contribution in [0.4, 0.5) is 0 Å². The topological polar surface area (TPSA) is 118 Å². The van der Waals surface area contributed by atoms with Gasteiger partial charge in [0.2, 0.25) is 0 Å². The standard InChI is InChI=1S/C22H20N10/c1-30-12-16(10-26-30)19-14-31-20(3-7-25-31)21(28-19)17-11-27-32(13-17)22(4-5-23)8-15(9-22)18-2-6-24-29-18/h2-3,6-7,10-15H,4,8-9H2,1H3,(H,24,29)/t15-,22-. The Hall–Kier alpha value is -4.26. The predicted octanol–water partition coefficient (Wildman–Crippen LogP) is 2.90. The van der Waals surface area contributed by atoms with E-state index in [1.165, 1.54) is 0 Å². The van der Waals surface area contributed by atoms with Gasteiger partial charge in [0, 0.05) is 48.4 Å². The fourth-order valence-corrected chi connectivity index (χ4v) is 4.67. The lowest BCUT2D eigenvalue weighted by Gasteiger charge is -2.46. The molecule has 32 heavy (non-hydrogen) atoms. The molecule has 0 saturated heterocycles. The van der Waals surface area contributed by atoms with E-state index in [0.29, 0.717) is 12.3 Å². The van der Waals surface area contributed by atoms with E-state index < -0.39 is 0 Å². The number of nitriles is 1. The molecule has 1 N–H and O–H groups in total. The van der Waals surface area contributed by atoms with Crippen molar-refractivity contribution in [2.75, 3.05) is 0 Å². The number of aromatic amines is 1. The smallest absolute Gasteiger partial charge is 0.0999 e. The minimum atomic E-state index is -0.319. The third kappa shape index (κ3) is 2.82. The highest BCUT2D eigenvalue weighted by Crippen LogP contribution is 2.51. The summed E-state index contributed by atoms with van der Waals surface area (Å²) in [6, 6.07) is 6.30. The molecule has 6 rings (SSSR count). The quantitative estimate of drug-likeness (QED) is 0.463. The molecule has 0 radical (unpaired) electrons. The van der Waals surface area contributed by atoms with Gasteiger partial charge in [0.15, 0.2) is 0 Å². The van der Waals surface area contributed by atoms with E-state index in [2.05, 4.69) is 31.6 Å². The molecule has 158 valence electrons. The van der Waals surface area contributed by atoms with Crippen molar-refractivity contribution < 1.29 is 0 Å². The Balaban J connectivity index is 1.39. The molecule has 0 aromatic carbocycles. The summed E-state index contributed by atoms with van der Waals surface area (Å²) in [5.41, 5.74) is 5.08. The maximum absolute atomic E-state index is 9.50. The number of nitrogens with one attached hydrogen (secondary N) is 1. The minimum Gasteiger partial charge on any atom is -0.282 e. The second kappa shape index (κ2) is 6.88. The van der Waals surface area contributed by atoms with Gasteiger partial charge in [0.05, 0.1) is 59.7 Å². The molecule has 0 aliphatic heterocycles. The Labute approximate surface area is 183 Å². The van der Waals surface area contributed by atoms with Crippen LogP contribution in [0.25, 0.3) is 28.0 Å². The molecule has 0 bridgehead atoms. The fourth-order valence-electron chi connectivity index (χ4n) is 4.67. The molecular weight excluding hydrogens is 404 g/mol. The van der Waals surface area contributed by atoms with Crippen molar-refractivity contribution in [3.63, 3.8) is 0 Å². The van der Waals surface area contributed by atoms with Crippen LogP contribution in [0.1, 0.15) is 30.9 Å². The van der Waals surface area contributed by atoms with Crippen molar-refractivity contribution in [2.24, 2.45) is 7.05 Å². The Kier molecular flexibility index (Phi) is 3.98. The number of hydrogen-bond acceptors (Lipinski definition) is 6. The predicted molar refractivity (Wildman–Crippen MR) is 115 cm³/mol. The lowest BCUT2D eigenvalue weighted by atomic mass is 9.65. The zero-order valence-electron chi connectivity index (χ0n) is 17.4. The number of fused-ring (bicyclic) bond motifs is 1. The van der Waals surface area contributed by atoms with Crippen molar-refractivity contribution in [3.8, 4) is 28.6 Å². The zero-order chi connectivity index (χ0) is 21.7. The summed E-state index contributed by atoms with van der Waals surface area (Å²) < 4.78 is 5.52. The van der Waals surface area contributed by atoms with Gasteiger partial charge in [-0.15, -0.1) is 0 Å². The lowest BCUT2D eigenvalue weighted by molar-refractivity contribution is 0.0982. The van der Waals surface area contributed by atoms with E-state index in [4.69, 9.17) is 4.98 Å². The molecule has 0 spiro atoms. The van der Waals surface area contributed by atoms with Crippen LogP contribution < -0.4 is 0 Å². The summed E-state index contributed by atoms with van der Waals surface area (Å²) in [6.45, 7) is 0. The molecule has 10 heteroatoms. The summed E-state index contributed by atoms with van der Waals surface area (Å²) in [5.74, 6) is 0.354. The number of nitrogens with zero attached hydrogens (tertiary/aromatic N) is 9. The fraction of sp³-hybridized carbons (Fsp3) is 0.273. The Bertz CT molecular complexity index is 1440. The zero-order valence-corrected chi connectivity index (χ0v) is 17.4. The van der Waals surface area contributed by atoms with E-state index in [1.54, 1.807) is 23.3 Å². The van der Waals surface area contributed by atoms with E-state index in [9.17, 15) is 5.26 Å². The second-order valence-corrected chi connectivity index (χ2v) is 8.39. The van der Waals surface area contributed by atoms with E-state index >= 15 is 0 Å². The first-order valence-corrected chi connectivity index (χ1v) is 10.4. The monoisotopic (exact) mass is 424 g/mol. The van der Waals surface area contributed by atoms with E-state index in [-0.39, 0.29) is 5.54 Å². The molecule has 5 aromatic heterocycles. The number of aryl methyl sites for hydroxylation is 1. The van der Waals surface area contributed by atoms with Crippen molar-refractivity contribution >= 4 is 5.52 Å². The van der Waals surface area contributed by atoms with Crippen molar-refractivity contribution in [1.82, 2.24) is 44.4 Å². The lowest BCUT2D eigenvalue weighted by Crippen LogP contribution is -2.45. The molecule has 0 atom stereocenters. The molecule has 1 aliphatic rings. The summed E-state index contributed by atoms with van der Waals surface area (Å²) in [7, 11) is 1.88. The molecule has 1 saturated carbocycles. The minimum absolute atomic E-state index is 0.319. The summed E-state index contributed by atoms with van der Waals surface area (Å²) in [4.78, 5) is 4.92. The van der Waals surface area contributed by atoms with Gasteiger partial charge >= 0.3 is 0 Å². The first-order chi connectivity index (χ1) is 15.6. The van der Waals surface area contributed by atoms with Crippen molar-refractivity contribution in [3.05, 3.63) is 61.2 Å². The van der Waals surface area contributed by atoms with Crippen LogP contribution in [0.5, 0.6) is 0 Å². The van der Waals surface area contributed by atoms with Crippen LogP contribution >= 0.6 is 0 Å². The van der Waals surface area contributed by atoms with Gasteiger partial charge in [-0.25, -0.2) is 9.50 Å². The van der Waals surface area contributed by atoms with E-state index in [1.807, 2.05) is 53.2 Å². The van der Waals surface area contributed by atoms with Gasteiger partial charge in [-0.2, -0.15) is 25.7 Å². The van der Waals surface area contributed by atoms with Crippen LogP contribution in [0, 0.1) is 11.3 Å². The average molecular weight is 424 g/mol. The number of aromatic nitrogens is 9. The number of H-pyrrole nitrogens is 1. The Morgan fingerprint density at radius 1 is 1.09 bits per heavy atom. The van der Waals surface area contributed by atoms with Gasteiger partial charge in [-0.1, -0.05) is 0 Å². The van der Waals surface area contributed by atoms with Crippen LogP contribution in [0.3, 0.4) is 0 Å². The average Bonchev–Trinajstić information content (AvgIpc) is 3.56. The third-order valence-electron chi connectivity index (χ3n) is 6.36. The van der Waals surface area contributed by atoms with Gasteiger partial charge in [-0.05, 0) is 25.0 Å².